The van der Waals surface area contributed by atoms with Crippen molar-refractivity contribution in [3.05, 3.63) is 34.3 Å². The Morgan fingerprint density at radius 2 is 2.05 bits per heavy atom. The zero-order chi connectivity index (χ0) is 16.1. The fraction of sp³-hybridized carbons (Fsp3) is 0.529. The van der Waals surface area contributed by atoms with Crippen molar-refractivity contribution in [1.29, 1.82) is 0 Å². The van der Waals surface area contributed by atoms with Crippen LogP contribution < -0.4 is 5.32 Å². The molecular formula is C17H22BrNO3. The third kappa shape index (κ3) is 4.57. The Morgan fingerprint density at radius 1 is 1.32 bits per heavy atom. The molecule has 2 rings (SSSR count). The van der Waals surface area contributed by atoms with Gasteiger partial charge in [-0.1, -0.05) is 41.8 Å². The van der Waals surface area contributed by atoms with E-state index in [1.165, 1.54) is 6.42 Å². The first-order valence-corrected chi connectivity index (χ1v) is 8.53. The summed E-state index contributed by atoms with van der Waals surface area (Å²) in [4.78, 5) is 24.2. The number of hydrogen-bond donors (Lipinski definition) is 1. The topological polar surface area (TPSA) is 55.4 Å². The minimum atomic E-state index is -0.791. The van der Waals surface area contributed by atoms with Crippen LogP contribution >= 0.6 is 15.9 Å². The van der Waals surface area contributed by atoms with Gasteiger partial charge in [-0.15, -0.1) is 0 Å². The van der Waals surface area contributed by atoms with Gasteiger partial charge in [0.2, 0.25) is 0 Å². The molecule has 1 aliphatic rings. The summed E-state index contributed by atoms with van der Waals surface area (Å²) in [6, 6.07) is 7.12. The number of halogens is 1. The van der Waals surface area contributed by atoms with Crippen molar-refractivity contribution >= 4 is 27.8 Å². The largest absolute Gasteiger partial charge is 0.449 e. The predicted molar refractivity (Wildman–Crippen MR) is 88.6 cm³/mol. The second-order valence-electron chi connectivity index (χ2n) is 5.93. The molecule has 1 fully saturated rings. The summed E-state index contributed by atoms with van der Waals surface area (Å²) >= 11 is 3.31. The second kappa shape index (κ2) is 7.77. The van der Waals surface area contributed by atoms with Crippen molar-refractivity contribution in [2.45, 2.75) is 51.7 Å². The molecule has 1 amide bonds. The van der Waals surface area contributed by atoms with Crippen LogP contribution in [0.5, 0.6) is 0 Å². The Bertz CT molecular complexity index is 546. The Balaban J connectivity index is 1.89. The highest BCUT2D eigenvalue weighted by Crippen LogP contribution is 2.23. The number of carbonyl (C=O) groups is 2. The van der Waals surface area contributed by atoms with E-state index in [0.717, 1.165) is 23.7 Å². The Hall–Kier alpha value is -1.36. The van der Waals surface area contributed by atoms with E-state index >= 15 is 0 Å². The lowest BCUT2D eigenvalue weighted by Crippen LogP contribution is -2.45. The van der Waals surface area contributed by atoms with Crippen molar-refractivity contribution in [2.24, 2.45) is 5.92 Å². The third-order valence-electron chi connectivity index (χ3n) is 4.15. The predicted octanol–water partition coefficient (Wildman–Crippen LogP) is 3.69. The first-order chi connectivity index (χ1) is 10.5. The molecule has 120 valence electrons. The summed E-state index contributed by atoms with van der Waals surface area (Å²) in [5.74, 6) is -0.228. The number of esters is 1. The average Bonchev–Trinajstić information content (AvgIpc) is 2.49. The molecule has 0 saturated heterocycles. The van der Waals surface area contributed by atoms with E-state index in [1.54, 1.807) is 25.1 Å². The molecule has 22 heavy (non-hydrogen) atoms. The average molecular weight is 368 g/mol. The minimum Gasteiger partial charge on any atom is -0.449 e. The number of benzene rings is 1. The second-order valence-corrected chi connectivity index (χ2v) is 6.85. The van der Waals surface area contributed by atoms with Gasteiger partial charge >= 0.3 is 5.97 Å². The molecule has 1 aliphatic carbocycles. The van der Waals surface area contributed by atoms with Crippen LogP contribution in [0.15, 0.2) is 28.7 Å². The summed E-state index contributed by atoms with van der Waals surface area (Å²) in [5.41, 5.74) is 0.431. The van der Waals surface area contributed by atoms with Crippen LogP contribution in [0.2, 0.25) is 0 Å². The molecule has 5 heteroatoms. The fourth-order valence-corrected chi connectivity index (χ4v) is 3.13. The molecular weight excluding hydrogens is 346 g/mol. The molecule has 1 N–H and O–H groups in total. The Morgan fingerprint density at radius 3 is 2.73 bits per heavy atom. The van der Waals surface area contributed by atoms with Crippen LogP contribution in [0.1, 0.15) is 49.9 Å². The normalized spacial score (nSPS) is 22.7. The molecule has 0 radical (unpaired) electrons. The van der Waals surface area contributed by atoms with Gasteiger partial charge in [0.05, 0.1) is 5.56 Å². The molecule has 0 spiro atoms. The van der Waals surface area contributed by atoms with Crippen LogP contribution in [-0.4, -0.2) is 24.0 Å². The molecule has 0 bridgehead atoms. The summed E-state index contributed by atoms with van der Waals surface area (Å²) < 4.78 is 6.06. The van der Waals surface area contributed by atoms with E-state index in [4.69, 9.17) is 4.74 Å². The molecule has 1 saturated carbocycles. The maximum Gasteiger partial charge on any atom is 0.338 e. The zero-order valence-electron chi connectivity index (χ0n) is 13.0. The van der Waals surface area contributed by atoms with Gasteiger partial charge in [0.1, 0.15) is 0 Å². The standard InChI is InChI=1S/C17H22BrNO3/c1-11-6-3-4-9-15(11)19-16(20)12(2)22-17(21)13-7-5-8-14(18)10-13/h5,7-8,10-12,15H,3-4,6,9H2,1-2H3,(H,19,20)/t11-,12+,15-/m0/s1. The lowest BCUT2D eigenvalue weighted by molar-refractivity contribution is -0.130. The highest BCUT2D eigenvalue weighted by atomic mass is 79.9. The van der Waals surface area contributed by atoms with Crippen molar-refractivity contribution in [3.8, 4) is 0 Å². The van der Waals surface area contributed by atoms with Crippen LogP contribution in [0.4, 0.5) is 0 Å². The lowest BCUT2D eigenvalue weighted by atomic mass is 9.86. The number of hydrogen-bond acceptors (Lipinski definition) is 3. The number of nitrogens with one attached hydrogen (secondary N) is 1. The van der Waals surface area contributed by atoms with E-state index < -0.39 is 12.1 Å². The van der Waals surface area contributed by atoms with Crippen molar-refractivity contribution < 1.29 is 14.3 Å². The molecule has 0 unspecified atom stereocenters. The molecule has 1 aromatic carbocycles. The van der Waals surface area contributed by atoms with Crippen molar-refractivity contribution in [1.82, 2.24) is 5.32 Å². The summed E-state index contributed by atoms with van der Waals surface area (Å²) in [6.07, 6.45) is 3.71. The summed E-state index contributed by atoms with van der Waals surface area (Å²) in [5, 5.41) is 3.01. The smallest absolute Gasteiger partial charge is 0.338 e. The van der Waals surface area contributed by atoms with E-state index in [9.17, 15) is 9.59 Å². The zero-order valence-corrected chi connectivity index (χ0v) is 14.6. The number of amides is 1. The van der Waals surface area contributed by atoms with E-state index in [1.807, 2.05) is 6.07 Å². The van der Waals surface area contributed by atoms with Crippen LogP contribution in [-0.2, 0) is 9.53 Å². The first kappa shape index (κ1) is 17.0. The van der Waals surface area contributed by atoms with Gasteiger partial charge in [-0.25, -0.2) is 4.79 Å². The van der Waals surface area contributed by atoms with Gasteiger partial charge in [0, 0.05) is 10.5 Å². The summed E-state index contributed by atoms with van der Waals surface area (Å²) in [6.45, 7) is 3.76. The van der Waals surface area contributed by atoms with E-state index in [0.29, 0.717) is 11.5 Å². The van der Waals surface area contributed by atoms with Gasteiger partial charge in [-0.3, -0.25) is 4.79 Å². The molecule has 1 aromatic rings. The molecule has 3 atom stereocenters. The van der Waals surface area contributed by atoms with Gasteiger partial charge in [0.15, 0.2) is 6.10 Å². The van der Waals surface area contributed by atoms with E-state index in [-0.39, 0.29) is 11.9 Å². The maximum absolute atomic E-state index is 12.2. The highest BCUT2D eigenvalue weighted by molar-refractivity contribution is 9.10. The lowest BCUT2D eigenvalue weighted by Gasteiger charge is -2.30. The first-order valence-electron chi connectivity index (χ1n) is 7.74. The van der Waals surface area contributed by atoms with Crippen LogP contribution in [0.3, 0.4) is 0 Å². The quantitative estimate of drug-likeness (QED) is 0.825. The summed E-state index contributed by atoms with van der Waals surface area (Å²) in [7, 11) is 0. The fourth-order valence-electron chi connectivity index (χ4n) is 2.73. The number of ether oxygens (including phenoxy) is 1. The molecule has 0 aliphatic heterocycles. The molecule has 0 heterocycles. The minimum absolute atomic E-state index is 0.188. The van der Waals surface area contributed by atoms with Gasteiger partial charge in [-0.2, -0.15) is 0 Å². The Labute approximate surface area is 139 Å². The third-order valence-corrected chi connectivity index (χ3v) is 4.65. The van der Waals surface area contributed by atoms with Gasteiger partial charge in [0.25, 0.3) is 5.91 Å². The molecule has 0 aromatic heterocycles. The van der Waals surface area contributed by atoms with E-state index in [2.05, 4.69) is 28.2 Å². The number of rotatable bonds is 4. The van der Waals surface area contributed by atoms with Crippen molar-refractivity contribution in [2.75, 3.05) is 0 Å². The Kier molecular flexibility index (Phi) is 6.00. The highest BCUT2D eigenvalue weighted by Gasteiger charge is 2.26. The maximum atomic E-state index is 12.2. The van der Waals surface area contributed by atoms with Crippen LogP contribution in [0, 0.1) is 5.92 Å². The number of carbonyl (C=O) groups excluding carboxylic acids is 2. The van der Waals surface area contributed by atoms with Crippen LogP contribution in [0.25, 0.3) is 0 Å². The van der Waals surface area contributed by atoms with Gasteiger partial charge < -0.3 is 10.1 Å². The molecule has 4 nitrogen and oxygen atoms in total. The van der Waals surface area contributed by atoms with Gasteiger partial charge in [-0.05, 0) is 43.9 Å². The monoisotopic (exact) mass is 367 g/mol. The SMILES string of the molecule is C[C@@H](OC(=O)c1cccc(Br)c1)C(=O)N[C@H]1CCCC[C@@H]1C. The van der Waals surface area contributed by atoms with Crippen molar-refractivity contribution in [3.63, 3.8) is 0 Å².